The minimum absolute atomic E-state index is 0.000863. The Morgan fingerprint density at radius 1 is 1.00 bits per heavy atom. The van der Waals surface area contributed by atoms with Crippen LogP contribution in [0.15, 0.2) is 18.2 Å². The van der Waals surface area contributed by atoms with E-state index in [-0.39, 0.29) is 30.3 Å². The van der Waals surface area contributed by atoms with Crippen LogP contribution in [0.2, 0.25) is 0 Å². The lowest BCUT2D eigenvalue weighted by Crippen LogP contribution is -2.57. The Morgan fingerprint density at radius 2 is 1.72 bits per heavy atom. The number of carbonyl (C=O) groups excluding carboxylic acids is 3. The molecule has 7 heteroatoms. The van der Waals surface area contributed by atoms with Crippen molar-refractivity contribution in [2.45, 2.75) is 58.9 Å². The number of likely N-dealkylation sites (tertiary alicyclic amines) is 1. The molecule has 0 radical (unpaired) electrons. The predicted octanol–water partition coefficient (Wildman–Crippen LogP) is 3.13. The zero-order valence-corrected chi connectivity index (χ0v) is 19.7. The number of anilines is 2. The highest BCUT2D eigenvalue weighted by atomic mass is 16.2. The van der Waals surface area contributed by atoms with E-state index in [4.69, 9.17) is 0 Å². The number of nitrogens with zero attached hydrogens (tertiary/aromatic N) is 4. The zero-order valence-electron chi connectivity index (χ0n) is 19.7. The van der Waals surface area contributed by atoms with Crippen molar-refractivity contribution in [1.29, 1.82) is 0 Å². The molecule has 174 valence electrons. The first-order valence-electron chi connectivity index (χ1n) is 12.2. The average molecular weight is 441 g/mol. The van der Waals surface area contributed by atoms with Crippen LogP contribution in [0.4, 0.5) is 11.4 Å². The lowest BCUT2D eigenvalue weighted by molar-refractivity contribution is -0.133. The van der Waals surface area contributed by atoms with Crippen molar-refractivity contribution in [3.8, 4) is 0 Å². The van der Waals surface area contributed by atoms with Crippen molar-refractivity contribution in [3.63, 3.8) is 0 Å². The van der Waals surface area contributed by atoms with Gasteiger partial charge in [-0.15, -0.1) is 0 Å². The highest BCUT2D eigenvalue weighted by Gasteiger charge is 2.41. The van der Waals surface area contributed by atoms with Gasteiger partial charge in [0, 0.05) is 38.3 Å². The van der Waals surface area contributed by atoms with E-state index in [1.165, 1.54) is 0 Å². The number of benzene rings is 1. The highest BCUT2D eigenvalue weighted by molar-refractivity contribution is 6.09. The van der Waals surface area contributed by atoms with E-state index >= 15 is 0 Å². The van der Waals surface area contributed by atoms with Crippen molar-refractivity contribution in [3.05, 3.63) is 23.8 Å². The molecule has 1 atom stereocenters. The van der Waals surface area contributed by atoms with Crippen LogP contribution in [-0.4, -0.2) is 72.8 Å². The molecule has 3 amide bonds. The second kappa shape index (κ2) is 9.51. The van der Waals surface area contributed by atoms with Crippen molar-refractivity contribution >= 4 is 29.1 Å². The largest absolute Gasteiger partial charge is 0.358 e. The standard InChI is InChI=1S/C25H36N4O3/c1-4-26(5-2)24(31)19-9-10-20-22(16-19)29(25(32)21-8-6-7-13-28(20)21)17-23(30)27-14-11-18(3)12-15-27/h9-10,16,18,21H,4-8,11-15,17H2,1-3H3. The van der Waals surface area contributed by atoms with Gasteiger partial charge >= 0.3 is 0 Å². The first kappa shape index (κ1) is 22.6. The summed E-state index contributed by atoms with van der Waals surface area (Å²) in [7, 11) is 0. The maximum Gasteiger partial charge on any atom is 0.253 e. The van der Waals surface area contributed by atoms with E-state index < -0.39 is 0 Å². The van der Waals surface area contributed by atoms with Crippen molar-refractivity contribution in [2.75, 3.05) is 49.1 Å². The molecule has 2 saturated heterocycles. The van der Waals surface area contributed by atoms with E-state index in [1.807, 2.05) is 36.9 Å². The van der Waals surface area contributed by atoms with Gasteiger partial charge in [0.2, 0.25) is 11.8 Å². The van der Waals surface area contributed by atoms with Crippen LogP contribution in [0.25, 0.3) is 0 Å². The Morgan fingerprint density at radius 3 is 2.41 bits per heavy atom. The van der Waals surface area contributed by atoms with Crippen molar-refractivity contribution in [1.82, 2.24) is 9.80 Å². The fraction of sp³-hybridized carbons (Fsp3) is 0.640. The SMILES string of the molecule is CCN(CC)C(=O)c1ccc2c(c1)N(CC(=O)N1CCC(C)CC1)C(=O)C1CCCCN21. The van der Waals surface area contributed by atoms with Crippen LogP contribution < -0.4 is 9.80 Å². The molecule has 1 unspecified atom stereocenters. The van der Waals surface area contributed by atoms with Gasteiger partial charge in [-0.05, 0) is 70.1 Å². The monoisotopic (exact) mass is 440 g/mol. The number of hydrogen-bond acceptors (Lipinski definition) is 4. The number of fused-ring (bicyclic) bond motifs is 3. The number of rotatable bonds is 5. The first-order chi connectivity index (χ1) is 15.4. The van der Waals surface area contributed by atoms with E-state index in [2.05, 4.69) is 11.8 Å². The zero-order chi connectivity index (χ0) is 22.8. The topological polar surface area (TPSA) is 64.2 Å². The maximum atomic E-state index is 13.5. The van der Waals surface area contributed by atoms with Gasteiger partial charge in [0.25, 0.3) is 5.91 Å². The quantitative estimate of drug-likeness (QED) is 0.706. The van der Waals surface area contributed by atoms with E-state index in [0.717, 1.165) is 57.4 Å². The third-order valence-corrected chi connectivity index (χ3v) is 7.36. The fourth-order valence-electron chi connectivity index (χ4n) is 5.24. The summed E-state index contributed by atoms with van der Waals surface area (Å²) in [4.78, 5) is 47.2. The number of piperidine rings is 2. The number of hydrogen-bond donors (Lipinski definition) is 0. The minimum atomic E-state index is -0.213. The average Bonchev–Trinajstić information content (AvgIpc) is 2.82. The van der Waals surface area contributed by atoms with E-state index in [9.17, 15) is 14.4 Å². The summed E-state index contributed by atoms with van der Waals surface area (Å²) in [5.74, 6) is 0.590. The summed E-state index contributed by atoms with van der Waals surface area (Å²) in [6, 6.07) is 5.45. The molecule has 4 rings (SSSR count). The van der Waals surface area contributed by atoms with Gasteiger partial charge in [0.15, 0.2) is 0 Å². The molecule has 0 N–H and O–H groups in total. The molecule has 0 aromatic heterocycles. The van der Waals surface area contributed by atoms with Crippen LogP contribution in [-0.2, 0) is 9.59 Å². The van der Waals surface area contributed by atoms with Gasteiger partial charge in [0.05, 0.1) is 11.4 Å². The van der Waals surface area contributed by atoms with Gasteiger partial charge in [-0.3, -0.25) is 19.3 Å². The predicted molar refractivity (Wildman–Crippen MR) is 126 cm³/mol. The Bertz CT molecular complexity index is 874. The molecule has 2 fully saturated rings. The van der Waals surface area contributed by atoms with Crippen LogP contribution in [0, 0.1) is 5.92 Å². The molecular weight excluding hydrogens is 404 g/mol. The summed E-state index contributed by atoms with van der Waals surface area (Å²) in [6.07, 6.45) is 4.90. The molecule has 3 aliphatic rings. The number of carbonyl (C=O) groups is 3. The smallest absolute Gasteiger partial charge is 0.253 e. The second-order valence-corrected chi connectivity index (χ2v) is 9.37. The van der Waals surface area contributed by atoms with Crippen molar-refractivity contribution < 1.29 is 14.4 Å². The van der Waals surface area contributed by atoms with Crippen molar-refractivity contribution in [2.24, 2.45) is 5.92 Å². The molecule has 0 bridgehead atoms. The van der Waals surface area contributed by atoms with E-state index in [1.54, 1.807) is 9.80 Å². The van der Waals surface area contributed by atoms with Crippen LogP contribution in [0.1, 0.15) is 63.2 Å². The van der Waals surface area contributed by atoms with Gasteiger partial charge in [0.1, 0.15) is 12.6 Å². The molecular formula is C25H36N4O3. The summed E-state index contributed by atoms with van der Waals surface area (Å²) in [6.45, 7) is 9.81. The molecule has 7 nitrogen and oxygen atoms in total. The Hall–Kier alpha value is -2.57. The van der Waals surface area contributed by atoms with Gasteiger partial charge in [-0.1, -0.05) is 6.92 Å². The number of amides is 3. The third-order valence-electron chi connectivity index (χ3n) is 7.36. The van der Waals surface area contributed by atoms with Crippen LogP contribution in [0.5, 0.6) is 0 Å². The first-order valence-corrected chi connectivity index (χ1v) is 12.2. The third kappa shape index (κ3) is 4.21. The van der Waals surface area contributed by atoms with E-state index in [0.29, 0.717) is 30.3 Å². The molecule has 32 heavy (non-hydrogen) atoms. The minimum Gasteiger partial charge on any atom is -0.358 e. The Kier molecular flexibility index (Phi) is 6.72. The van der Waals surface area contributed by atoms with Gasteiger partial charge in [-0.2, -0.15) is 0 Å². The Balaban J connectivity index is 1.66. The summed E-state index contributed by atoms with van der Waals surface area (Å²) in [5, 5.41) is 0. The molecule has 0 spiro atoms. The molecule has 1 aromatic carbocycles. The maximum absolute atomic E-state index is 13.5. The lowest BCUT2D eigenvalue weighted by atomic mass is 9.95. The summed E-state index contributed by atoms with van der Waals surface area (Å²) < 4.78 is 0. The van der Waals surface area contributed by atoms with Crippen LogP contribution in [0.3, 0.4) is 0 Å². The molecule has 3 heterocycles. The Labute approximate surface area is 191 Å². The van der Waals surface area contributed by atoms with Gasteiger partial charge in [-0.25, -0.2) is 0 Å². The highest BCUT2D eigenvalue weighted by Crippen LogP contribution is 2.40. The normalized spacial score (nSPS) is 21.3. The summed E-state index contributed by atoms with van der Waals surface area (Å²) >= 11 is 0. The van der Waals surface area contributed by atoms with Crippen LogP contribution >= 0.6 is 0 Å². The molecule has 1 aromatic rings. The summed E-state index contributed by atoms with van der Waals surface area (Å²) in [5.41, 5.74) is 2.23. The lowest BCUT2D eigenvalue weighted by Gasteiger charge is -2.45. The second-order valence-electron chi connectivity index (χ2n) is 9.37. The fourth-order valence-corrected chi connectivity index (χ4v) is 5.24. The molecule has 3 aliphatic heterocycles. The molecule has 0 aliphatic carbocycles. The van der Waals surface area contributed by atoms with Gasteiger partial charge < -0.3 is 14.7 Å². The molecule has 0 saturated carbocycles.